The summed E-state index contributed by atoms with van der Waals surface area (Å²) in [4.78, 5) is 0. The molecule has 0 saturated carbocycles. The number of ether oxygens (including phenoxy) is 1. The zero-order valence-corrected chi connectivity index (χ0v) is 14.1. The highest BCUT2D eigenvalue weighted by Crippen LogP contribution is 2.51. The molecule has 1 aromatic heterocycles. The molecule has 1 aliphatic heterocycles. The van der Waals surface area contributed by atoms with Crippen molar-refractivity contribution in [2.24, 2.45) is 0 Å². The van der Waals surface area contributed by atoms with Crippen LogP contribution in [0.2, 0.25) is 5.02 Å². The molecule has 0 aliphatic carbocycles. The van der Waals surface area contributed by atoms with E-state index < -0.39 is 0 Å². The van der Waals surface area contributed by atoms with Crippen molar-refractivity contribution in [1.82, 2.24) is 0 Å². The molecule has 3 aromatic carbocycles. The van der Waals surface area contributed by atoms with Crippen molar-refractivity contribution in [2.75, 3.05) is 0 Å². The van der Waals surface area contributed by atoms with E-state index in [0.29, 0.717) is 0 Å². The lowest BCUT2D eigenvalue weighted by Crippen LogP contribution is -2.24. The standard InChI is InChI=1S/C21H15ClO2/c1-21(2)15-9-8-14-13-5-3-4-6-17(13)23-19(14)20(15)24-18-10-7-12(22)11-16(18)21/h3-11H,1-2H3. The molecule has 2 nitrogen and oxygen atoms in total. The Kier molecular flexibility index (Phi) is 2.64. The average Bonchev–Trinajstić information content (AvgIpc) is 2.95. The van der Waals surface area contributed by atoms with Crippen LogP contribution in [0, 0.1) is 0 Å². The first-order valence-corrected chi connectivity index (χ1v) is 8.36. The number of hydrogen-bond acceptors (Lipinski definition) is 2. The summed E-state index contributed by atoms with van der Waals surface area (Å²) in [5.74, 6) is 1.65. The van der Waals surface area contributed by atoms with E-state index in [9.17, 15) is 0 Å². The molecule has 0 N–H and O–H groups in total. The Morgan fingerprint density at radius 3 is 2.58 bits per heavy atom. The van der Waals surface area contributed by atoms with Crippen molar-refractivity contribution < 1.29 is 9.15 Å². The van der Waals surface area contributed by atoms with Gasteiger partial charge in [-0.05, 0) is 30.3 Å². The van der Waals surface area contributed by atoms with Gasteiger partial charge in [0.1, 0.15) is 11.3 Å². The molecule has 118 valence electrons. The van der Waals surface area contributed by atoms with Crippen LogP contribution in [0.15, 0.2) is 59.0 Å². The van der Waals surface area contributed by atoms with Gasteiger partial charge in [-0.2, -0.15) is 0 Å². The van der Waals surface area contributed by atoms with E-state index in [1.54, 1.807) is 0 Å². The van der Waals surface area contributed by atoms with Gasteiger partial charge < -0.3 is 9.15 Å². The van der Waals surface area contributed by atoms with Crippen molar-refractivity contribution in [3.05, 3.63) is 70.7 Å². The molecule has 0 amide bonds. The van der Waals surface area contributed by atoms with Gasteiger partial charge >= 0.3 is 0 Å². The summed E-state index contributed by atoms with van der Waals surface area (Å²) < 4.78 is 12.4. The quantitative estimate of drug-likeness (QED) is 0.358. The maximum atomic E-state index is 6.26. The number of furan rings is 1. The first-order valence-electron chi connectivity index (χ1n) is 7.98. The zero-order chi connectivity index (χ0) is 16.5. The van der Waals surface area contributed by atoms with Gasteiger partial charge in [0, 0.05) is 32.3 Å². The SMILES string of the molecule is CC1(C)c2cc(Cl)ccc2Oc2c1ccc1c2oc2ccccc21. The minimum absolute atomic E-state index is 0.207. The van der Waals surface area contributed by atoms with E-state index in [-0.39, 0.29) is 5.41 Å². The van der Waals surface area contributed by atoms with Gasteiger partial charge in [-0.3, -0.25) is 0 Å². The molecular formula is C21H15ClO2. The third-order valence-electron chi connectivity index (χ3n) is 5.00. The van der Waals surface area contributed by atoms with Crippen molar-refractivity contribution in [1.29, 1.82) is 0 Å². The number of para-hydroxylation sites is 1. The number of benzene rings is 3. The Morgan fingerprint density at radius 1 is 0.875 bits per heavy atom. The minimum Gasteiger partial charge on any atom is -0.453 e. The number of fused-ring (bicyclic) bond motifs is 6. The average molecular weight is 335 g/mol. The Bertz CT molecular complexity index is 1120. The lowest BCUT2D eigenvalue weighted by atomic mass is 9.75. The molecule has 0 spiro atoms. The van der Waals surface area contributed by atoms with Crippen molar-refractivity contribution in [3.8, 4) is 11.5 Å². The Hall–Kier alpha value is -2.45. The summed E-state index contributed by atoms with van der Waals surface area (Å²) in [6.45, 7) is 4.38. The highest BCUT2D eigenvalue weighted by atomic mass is 35.5. The molecule has 0 atom stereocenters. The maximum Gasteiger partial charge on any atom is 0.178 e. The second kappa shape index (κ2) is 4.55. The maximum absolute atomic E-state index is 6.26. The highest BCUT2D eigenvalue weighted by Gasteiger charge is 2.36. The van der Waals surface area contributed by atoms with Crippen LogP contribution in [0.4, 0.5) is 0 Å². The molecule has 1 aliphatic rings. The van der Waals surface area contributed by atoms with Crippen molar-refractivity contribution >= 4 is 33.5 Å². The molecule has 0 fully saturated rings. The van der Waals surface area contributed by atoms with Gasteiger partial charge in [-0.15, -0.1) is 0 Å². The third kappa shape index (κ3) is 1.72. The fraction of sp³-hybridized carbons (Fsp3) is 0.143. The van der Waals surface area contributed by atoms with Crippen LogP contribution < -0.4 is 4.74 Å². The van der Waals surface area contributed by atoms with E-state index >= 15 is 0 Å². The van der Waals surface area contributed by atoms with E-state index in [4.69, 9.17) is 20.8 Å². The molecule has 3 heteroatoms. The second-order valence-electron chi connectivity index (χ2n) is 6.78. The van der Waals surface area contributed by atoms with Gasteiger partial charge in [0.15, 0.2) is 11.3 Å². The van der Waals surface area contributed by atoms with Crippen LogP contribution in [0.1, 0.15) is 25.0 Å². The Labute approximate surface area is 144 Å². The summed E-state index contributed by atoms with van der Waals surface area (Å²) in [5, 5.41) is 2.91. The molecule has 5 rings (SSSR count). The third-order valence-corrected chi connectivity index (χ3v) is 5.24. The minimum atomic E-state index is -0.207. The molecule has 4 aromatic rings. The normalized spacial score (nSPS) is 15.1. The molecule has 2 heterocycles. The summed E-state index contributed by atoms with van der Waals surface area (Å²) in [6.07, 6.45) is 0. The fourth-order valence-corrected chi connectivity index (χ4v) is 3.86. The summed E-state index contributed by atoms with van der Waals surface area (Å²) in [6, 6.07) is 18.1. The highest BCUT2D eigenvalue weighted by molar-refractivity contribution is 6.30. The van der Waals surface area contributed by atoms with Gasteiger partial charge in [0.2, 0.25) is 0 Å². The monoisotopic (exact) mass is 334 g/mol. The van der Waals surface area contributed by atoms with Gasteiger partial charge in [-0.1, -0.05) is 49.7 Å². The van der Waals surface area contributed by atoms with Gasteiger partial charge in [0.05, 0.1) is 0 Å². The fourth-order valence-electron chi connectivity index (χ4n) is 3.69. The lowest BCUT2D eigenvalue weighted by molar-refractivity contribution is 0.415. The van der Waals surface area contributed by atoms with E-state index in [1.165, 1.54) is 0 Å². The summed E-state index contributed by atoms with van der Waals surface area (Å²) >= 11 is 6.21. The van der Waals surface area contributed by atoms with Crippen LogP contribution in [0.25, 0.3) is 21.9 Å². The van der Waals surface area contributed by atoms with Crippen LogP contribution >= 0.6 is 11.6 Å². The van der Waals surface area contributed by atoms with E-state index in [1.807, 2.05) is 36.4 Å². The predicted octanol–water partition coefficient (Wildman–Crippen LogP) is 6.67. The molecule has 0 bridgehead atoms. The molecule has 0 saturated heterocycles. The number of halogens is 1. The lowest BCUT2D eigenvalue weighted by Gasteiger charge is -2.34. The number of hydrogen-bond donors (Lipinski definition) is 0. The van der Waals surface area contributed by atoms with E-state index in [0.717, 1.165) is 49.6 Å². The van der Waals surface area contributed by atoms with Gasteiger partial charge in [-0.25, -0.2) is 0 Å². The zero-order valence-electron chi connectivity index (χ0n) is 13.4. The molecule has 24 heavy (non-hydrogen) atoms. The summed E-state index contributed by atoms with van der Waals surface area (Å²) in [5.41, 5.74) is 3.69. The Balaban J connectivity index is 1.87. The number of rotatable bonds is 0. The predicted molar refractivity (Wildman–Crippen MR) is 97.4 cm³/mol. The molecule has 0 unspecified atom stereocenters. The van der Waals surface area contributed by atoms with E-state index in [2.05, 4.69) is 32.0 Å². The van der Waals surface area contributed by atoms with Crippen LogP contribution in [-0.2, 0) is 5.41 Å². The van der Waals surface area contributed by atoms with Crippen LogP contribution in [0.5, 0.6) is 11.5 Å². The van der Waals surface area contributed by atoms with Crippen LogP contribution in [-0.4, -0.2) is 0 Å². The topological polar surface area (TPSA) is 22.4 Å². The van der Waals surface area contributed by atoms with Crippen molar-refractivity contribution in [3.63, 3.8) is 0 Å². The largest absolute Gasteiger partial charge is 0.453 e. The molecule has 0 radical (unpaired) electrons. The molecular weight excluding hydrogens is 320 g/mol. The van der Waals surface area contributed by atoms with Crippen LogP contribution in [0.3, 0.4) is 0 Å². The Morgan fingerprint density at radius 2 is 1.71 bits per heavy atom. The first-order chi connectivity index (χ1) is 11.6. The van der Waals surface area contributed by atoms with Gasteiger partial charge in [0.25, 0.3) is 0 Å². The summed E-state index contributed by atoms with van der Waals surface area (Å²) in [7, 11) is 0. The van der Waals surface area contributed by atoms with Crippen molar-refractivity contribution in [2.45, 2.75) is 19.3 Å². The second-order valence-corrected chi connectivity index (χ2v) is 7.22. The first kappa shape index (κ1) is 13.9. The smallest absolute Gasteiger partial charge is 0.178 e.